The highest BCUT2D eigenvalue weighted by molar-refractivity contribution is 5.61. The van der Waals surface area contributed by atoms with Crippen LogP contribution in [-0.4, -0.2) is 54.3 Å². The second kappa shape index (κ2) is 12.0. The van der Waals surface area contributed by atoms with E-state index >= 15 is 0 Å². The number of rotatable bonds is 7. The molecule has 1 unspecified atom stereocenters. The molecule has 2 aromatic heterocycles. The third kappa shape index (κ3) is 6.82. The number of hydrogen-bond donors (Lipinski definition) is 3. The van der Waals surface area contributed by atoms with Crippen molar-refractivity contribution in [3.05, 3.63) is 65.4 Å². The molecule has 2 saturated heterocycles. The summed E-state index contributed by atoms with van der Waals surface area (Å²) < 4.78 is 60.9. The molecule has 0 saturated carbocycles. The Morgan fingerprint density at radius 2 is 1.87 bits per heavy atom. The summed E-state index contributed by atoms with van der Waals surface area (Å²) in [5.41, 5.74) is 6.91. The third-order valence-corrected chi connectivity index (χ3v) is 6.42. The lowest BCUT2D eigenvalue weighted by Crippen LogP contribution is -2.42. The van der Waals surface area contributed by atoms with Gasteiger partial charge in [-0.3, -0.25) is 15.8 Å². The molecule has 3 aromatic rings. The Bertz CT molecular complexity index is 1290. The van der Waals surface area contributed by atoms with E-state index in [0.29, 0.717) is 62.9 Å². The average molecular weight is 546 g/mol. The van der Waals surface area contributed by atoms with Gasteiger partial charge in [0, 0.05) is 31.9 Å². The number of benzene rings is 1. The molecule has 0 aliphatic carbocycles. The number of ether oxygens (including phenoxy) is 1. The highest BCUT2D eigenvalue weighted by Crippen LogP contribution is 2.38. The number of alkyl halides is 3. The van der Waals surface area contributed by atoms with Gasteiger partial charge in [-0.25, -0.2) is 9.37 Å². The predicted molar refractivity (Wildman–Crippen MR) is 136 cm³/mol. The summed E-state index contributed by atoms with van der Waals surface area (Å²) in [5.74, 6) is -0.579. The first kappa shape index (κ1) is 26.8. The number of azo groups is 1. The number of aromatic nitrogens is 3. The molecular weight excluding hydrogens is 518 g/mol. The second-order valence-electron chi connectivity index (χ2n) is 9.10. The Kier molecular flexibility index (Phi) is 8.24. The number of nitrogens with zero attached hydrogens (tertiary/aromatic N) is 6. The fourth-order valence-electron chi connectivity index (χ4n) is 4.46. The van der Waals surface area contributed by atoms with E-state index < -0.39 is 17.6 Å². The van der Waals surface area contributed by atoms with Crippen molar-refractivity contribution < 1.29 is 22.3 Å². The summed E-state index contributed by atoms with van der Waals surface area (Å²) in [7, 11) is 0. The Hall–Kier alpha value is -3.75. The van der Waals surface area contributed by atoms with Crippen molar-refractivity contribution >= 4 is 23.1 Å². The van der Waals surface area contributed by atoms with E-state index in [1.54, 1.807) is 23.1 Å². The van der Waals surface area contributed by atoms with Crippen LogP contribution >= 0.6 is 0 Å². The van der Waals surface area contributed by atoms with Gasteiger partial charge in [-0.1, -0.05) is 6.07 Å². The van der Waals surface area contributed by atoms with Crippen LogP contribution < -0.4 is 21.1 Å². The maximum absolute atomic E-state index is 14.2. The first-order valence-electron chi connectivity index (χ1n) is 12.5. The largest absolute Gasteiger partial charge is 0.416 e. The van der Waals surface area contributed by atoms with E-state index in [0.717, 1.165) is 12.3 Å². The molecule has 1 aromatic carbocycles. The fourth-order valence-corrected chi connectivity index (χ4v) is 4.46. The van der Waals surface area contributed by atoms with Gasteiger partial charge in [0.05, 0.1) is 42.6 Å². The van der Waals surface area contributed by atoms with Crippen molar-refractivity contribution in [3.63, 3.8) is 0 Å². The van der Waals surface area contributed by atoms with Crippen LogP contribution in [0, 0.1) is 5.82 Å². The molecule has 3 N–H and O–H groups in total. The summed E-state index contributed by atoms with van der Waals surface area (Å²) in [6, 6.07) is 7.69. The summed E-state index contributed by atoms with van der Waals surface area (Å²) in [5, 5.41) is 11.0. The van der Waals surface area contributed by atoms with Crippen LogP contribution in [-0.2, 0) is 17.5 Å². The molecule has 2 aliphatic heterocycles. The number of halogens is 4. The highest BCUT2D eigenvalue weighted by atomic mass is 19.4. The summed E-state index contributed by atoms with van der Waals surface area (Å²) in [6.07, 6.45) is -1.28. The Morgan fingerprint density at radius 1 is 1.05 bits per heavy atom. The van der Waals surface area contributed by atoms with Crippen LogP contribution in [0.2, 0.25) is 0 Å². The lowest BCUT2D eigenvalue weighted by atomic mass is 9.90. The van der Waals surface area contributed by atoms with E-state index in [2.05, 4.69) is 41.3 Å². The molecular formula is C25H27F4N9O. The van der Waals surface area contributed by atoms with Crippen LogP contribution in [0.15, 0.2) is 53.0 Å². The molecule has 14 heteroatoms. The van der Waals surface area contributed by atoms with Gasteiger partial charge >= 0.3 is 6.18 Å². The van der Waals surface area contributed by atoms with Gasteiger partial charge in [0.25, 0.3) is 5.95 Å². The minimum absolute atomic E-state index is 0.0281. The zero-order valence-electron chi connectivity index (χ0n) is 20.9. The summed E-state index contributed by atoms with van der Waals surface area (Å²) in [4.78, 5) is 14.1. The third-order valence-electron chi connectivity index (χ3n) is 6.42. The molecule has 39 heavy (non-hydrogen) atoms. The normalized spacial score (nSPS) is 18.5. The topological polar surface area (TPSA) is 112 Å². The van der Waals surface area contributed by atoms with Crippen molar-refractivity contribution in [2.75, 3.05) is 49.6 Å². The van der Waals surface area contributed by atoms with Crippen molar-refractivity contribution in [3.8, 4) is 0 Å². The molecule has 1 atom stereocenters. The number of nitrogens with one attached hydrogen (secondary N) is 3. The van der Waals surface area contributed by atoms with Gasteiger partial charge < -0.3 is 15.0 Å². The lowest BCUT2D eigenvalue weighted by molar-refractivity contribution is -0.138. The summed E-state index contributed by atoms with van der Waals surface area (Å²) >= 11 is 0. The van der Waals surface area contributed by atoms with Gasteiger partial charge in [-0.2, -0.15) is 23.3 Å². The van der Waals surface area contributed by atoms with E-state index in [-0.39, 0.29) is 29.8 Å². The van der Waals surface area contributed by atoms with Gasteiger partial charge in [0.1, 0.15) is 6.54 Å². The van der Waals surface area contributed by atoms with Crippen molar-refractivity contribution in [2.45, 2.75) is 25.1 Å². The molecule has 0 spiro atoms. The van der Waals surface area contributed by atoms with E-state index in [1.807, 2.05) is 0 Å². The molecule has 4 heterocycles. The second-order valence-corrected chi connectivity index (χ2v) is 9.10. The molecule has 2 fully saturated rings. The van der Waals surface area contributed by atoms with Crippen molar-refractivity contribution in [2.24, 2.45) is 10.2 Å². The number of morpholine rings is 1. The van der Waals surface area contributed by atoms with Gasteiger partial charge in [-0.05, 0) is 42.2 Å². The van der Waals surface area contributed by atoms with Gasteiger partial charge in [0.2, 0.25) is 0 Å². The minimum Gasteiger partial charge on any atom is -0.378 e. The lowest BCUT2D eigenvalue weighted by Gasteiger charge is -2.27. The van der Waals surface area contributed by atoms with Gasteiger partial charge in [0.15, 0.2) is 11.6 Å². The number of pyridine rings is 1. The number of hydrogen-bond acceptors (Lipinski definition) is 10. The minimum atomic E-state index is -4.47. The van der Waals surface area contributed by atoms with Crippen molar-refractivity contribution in [1.29, 1.82) is 0 Å². The molecule has 206 valence electrons. The van der Waals surface area contributed by atoms with Crippen molar-refractivity contribution in [1.82, 2.24) is 25.8 Å². The first-order valence-corrected chi connectivity index (χ1v) is 12.5. The Balaban J connectivity index is 1.22. The molecule has 0 bridgehead atoms. The Labute approximate surface area is 221 Å². The molecule has 2 aliphatic rings. The smallest absolute Gasteiger partial charge is 0.378 e. The number of hydrazine groups is 1. The van der Waals surface area contributed by atoms with Gasteiger partial charge in [-0.15, -0.1) is 5.11 Å². The first-order chi connectivity index (χ1) is 18.9. The number of anilines is 3. The van der Waals surface area contributed by atoms with Crippen LogP contribution in [0.25, 0.3) is 0 Å². The zero-order valence-corrected chi connectivity index (χ0v) is 20.9. The van der Waals surface area contributed by atoms with Crippen LogP contribution in [0.4, 0.5) is 40.7 Å². The molecule has 10 nitrogen and oxygen atoms in total. The van der Waals surface area contributed by atoms with E-state index in [1.165, 1.54) is 12.3 Å². The monoisotopic (exact) mass is 545 g/mol. The van der Waals surface area contributed by atoms with Crippen LogP contribution in [0.5, 0.6) is 0 Å². The Morgan fingerprint density at radius 3 is 2.59 bits per heavy atom. The molecule has 5 rings (SSSR count). The van der Waals surface area contributed by atoms with E-state index in [4.69, 9.17) is 4.74 Å². The maximum atomic E-state index is 14.2. The fraction of sp³-hybridized carbons (Fsp3) is 0.400. The maximum Gasteiger partial charge on any atom is 0.416 e. The summed E-state index contributed by atoms with van der Waals surface area (Å²) in [6.45, 7) is 3.17. The average Bonchev–Trinajstić information content (AvgIpc) is 2.95. The quantitative estimate of drug-likeness (QED) is 0.295. The van der Waals surface area contributed by atoms with E-state index in [9.17, 15) is 17.6 Å². The SMILES string of the molecule is Fc1cnc(N=NCc2ccc(Nc3ccc(C4CCNNC4)c(C(F)(F)F)c3)cn2)nc1N1CCOCC1. The van der Waals surface area contributed by atoms with Crippen LogP contribution in [0.3, 0.4) is 0 Å². The predicted octanol–water partition coefficient (Wildman–Crippen LogP) is 4.48. The molecule has 0 radical (unpaired) electrons. The van der Waals surface area contributed by atoms with Crippen LogP contribution in [0.1, 0.15) is 29.2 Å². The standard InChI is InChI=1S/C25H27F4N9O/c26-22-15-31-24(36-23(22)38-7-9-39-10-8-38)37-34-14-18-1-2-19(13-30-18)35-17-3-4-20(16-5-6-32-33-12-16)21(11-17)25(27,28)29/h1-4,11,13,15-16,32-33,35H,5-10,12,14H2. The molecule has 0 amide bonds. The highest BCUT2D eigenvalue weighted by Gasteiger charge is 2.36. The zero-order chi connectivity index (χ0) is 27.2.